The van der Waals surface area contributed by atoms with Gasteiger partial charge in [-0.15, -0.1) is 0 Å². The molecule has 0 heterocycles. The molecule has 1 heteroatoms. The van der Waals surface area contributed by atoms with Crippen molar-refractivity contribution in [3.63, 3.8) is 0 Å². The minimum absolute atomic E-state index is 0.828. The van der Waals surface area contributed by atoms with Crippen LogP contribution in [0.2, 0.25) is 0 Å². The average Bonchev–Trinajstić information content (AvgIpc) is 3.12. The maximum absolute atomic E-state index is 4.86. The Kier molecular flexibility index (Phi) is 7.21. The van der Waals surface area contributed by atoms with Crippen LogP contribution in [0.1, 0.15) is 18.1 Å². The van der Waals surface area contributed by atoms with Crippen molar-refractivity contribution in [3.8, 4) is 22.3 Å². The number of allylic oxidation sites excluding steroid dienone is 1. The summed E-state index contributed by atoms with van der Waals surface area (Å²) in [7, 11) is 0. The van der Waals surface area contributed by atoms with E-state index in [9.17, 15) is 0 Å². The lowest BCUT2D eigenvalue weighted by Crippen LogP contribution is -1.93. The van der Waals surface area contributed by atoms with Crippen molar-refractivity contribution in [2.24, 2.45) is 4.99 Å². The number of nitrogens with zero attached hydrogens (tertiary/aromatic N) is 1. The summed E-state index contributed by atoms with van der Waals surface area (Å²) in [4.78, 5) is 4.86. The largest absolute Gasteiger partial charge is 0.261 e. The number of hydrogen-bond acceptors (Lipinski definition) is 1. The summed E-state index contributed by atoms with van der Waals surface area (Å²) in [5, 5.41) is 9.99. The van der Waals surface area contributed by atoms with Gasteiger partial charge in [-0.1, -0.05) is 158 Å². The van der Waals surface area contributed by atoms with E-state index in [0.717, 1.165) is 17.7 Å². The highest BCUT2D eigenvalue weighted by molar-refractivity contribution is 6.24. The van der Waals surface area contributed by atoms with Crippen molar-refractivity contribution < 1.29 is 0 Å². The Morgan fingerprint density at radius 2 is 1.09 bits per heavy atom. The van der Waals surface area contributed by atoms with Crippen molar-refractivity contribution in [2.75, 3.05) is 0 Å². The third-order valence-corrected chi connectivity index (χ3v) is 9.08. The SMILES string of the molecule is C/C=N\C(=C/Cc1ccccc1)c1cccc2c(-c3c4ccccc4c(-c4ccc5ccccc5c4)c4ccccc34)cccc12. The van der Waals surface area contributed by atoms with Crippen molar-refractivity contribution in [3.05, 3.63) is 175 Å². The molecule has 0 aliphatic heterocycles. The average molecular weight is 588 g/mol. The molecule has 0 N–H and O–H groups in total. The summed E-state index contributed by atoms with van der Waals surface area (Å²) in [6, 6.07) is 57.2. The van der Waals surface area contributed by atoms with Crippen LogP contribution in [0.25, 0.3) is 71.0 Å². The van der Waals surface area contributed by atoms with E-state index in [2.05, 4.69) is 164 Å². The highest BCUT2D eigenvalue weighted by Gasteiger charge is 2.19. The number of rotatable bonds is 6. The Morgan fingerprint density at radius 3 is 1.80 bits per heavy atom. The number of fused-ring (bicyclic) bond motifs is 4. The van der Waals surface area contributed by atoms with E-state index >= 15 is 0 Å². The van der Waals surface area contributed by atoms with Crippen LogP contribution in [0, 0.1) is 0 Å². The Labute approximate surface area is 269 Å². The van der Waals surface area contributed by atoms with Crippen LogP contribution in [0.15, 0.2) is 169 Å². The molecular formula is C45H33N. The summed E-state index contributed by atoms with van der Waals surface area (Å²) < 4.78 is 0. The zero-order chi connectivity index (χ0) is 30.9. The van der Waals surface area contributed by atoms with Crippen LogP contribution in [0.3, 0.4) is 0 Å². The van der Waals surface area contributed by atoms with Gasteiger partial charge in [0.25, 0.3) is 0 Å². The maximum Gasteiger partial charge on any atom is 0.0667 e. The van der Waals surface area contributed by atoms with Crippen molar-refractivity contribution >= 4 is 55.0 Å². The molecule has 1 nitrogen and oxygen atoms in total. The van der Waals surface area contributed by atoms with Crippen molar-refractivity contribution in [2.45, 2.75) is 13.3 Å². The first kappa shape index (κ1) is 27.7. The van der Waals surface area contributed by atoms with Crippen LogP contribution in [-0.2, 0) is 6.42 Å². The van der Waals surface area contributed by atoms with Gasteiger partial charge in [-0.05, 0) is 90.3 Å². The Morgan fingerprint density at radius 1 is 0.500 bits per heavy atom. The van der Waals surface area contributed by atoms with E-state index in [0.29, 0.717) is 0 Å². The lowest BCUT2D eigenvalue weighted by molar-refractivity contribution is 1.26. The highest BCUT2D eigenvalue weighted by atomic mass is 14.7. The Hall–Kier alpha value is -5.79. The second-order valence-electron chi connectivity index (χ2n) is 11.8. The van der Waals surface area contributed by atoms with Crippen LogP contribution in [0.4, 0.5) is 0 Å². The molecule has 8 aromatic carbocycles. The smallest absolute Gasteiger partial charge is 0.0667 e. The fourth-order valence-electron chi connectivity index (χ4n) is 7.03. The highest BCUT2D eigenvalue weighted by Crippen LogP contribution is 2.46. The lowest BCUT2D eigenvalue weighted by Gasteiger charge is -2.19. The Balaban J connectivity index is 1.38. The van der Waals surface area contributed by atoms with Gasteiger partial charge >= 0.3 is 0 Å². The molecule has 8 rings (SSSR count). The van der Waals surface area contributed by atoms with Gasteiger partial charge in [-0.3, -0.25) is 4.99 Å². The van der Waals surface area contributed by atoms with Crippen LogP contribution >= 0.6 is 0 Å². The predicted octanol–water partition coefficient (Wildman–Crippen LogP) is 12.3. The monoisotopic (exact) mass is 587 g/mol. The van der Waals surface area contributed by atoms with Gasteiger partial charge < -0.3 is 0 Å². The quantitative estimate of drug-likeness (QED) is 0.136. The summed E-state index contributed by atoms with van der Waals surface area (Å²) >= 11 is 0. The fraction of sp³-hybridized carbons (Fsp3) is 0.0444. The van der Waals surface area contributed by atoms with E-state index in [1.165, 1.54) is 70.9 Å². The molecule has 0 atom stereocenters. The summed E-state index contributed by atoms with van der Waals surface area (Å²) in [6.45, 7) is 1.99. The summed E-state index contributed by atoms with van der Waals surface area (Å²) in [5.74, 6) is 0. The van der Waals surface area contributed by atoms with Gasteiger partial charge in [-0.2, -0.15) is 0 Å². The zero-order valence-electron chi connectivity index (χ0n) is 25.8. The molecule has 0 radical (unpaired) electrons. The van der Waals surface area contributed by atoms with E-state index in [1.54, 1.807) is 0 Å². The van der Waals surface area contributed by atoms with Crippen LogP contribution in [-0.4, -0.2) is 6.21 Å². The second-order valence-corrected chi connectivity index (χ2v) is 11.8. The molecule has 0 spiro atoms. The third-order valence-electron chi connectivity index (χ3n) is 9.08. The number of aliphatic imine (C=N–C) groups is 1. The molecule has 0 bridgehead atoms. The van der Waals surface area contributed by atoms with E-state index in [-0.39, 0.29) is 0 Å². The fourth-order valence-corrected chi connectivity index (χ4v) is 7.03. The van der Waals surface area contributed by atoms with Gasteiger partial charge in [0.2, 0.25) is 0 Å². The minimum atomic E-state index is 0.828. The van der Waals surface area contributed by atoms with E-state index in [4.69, 9.17) is 4.99 Å². The molecule has 0 unspecified atom stereocenters. The molecule has 0 aliphatic rings. The zero-order valence-corrected chi connectivity index (χ0v) is 25.8. The van der Waals surface area contributed by atoms with Crippen LogP contribution in [0.5, 0.6) is 0 Å². The molecular weight excluding hydrogens is 555 g/mol. The van der Waals surface area contributed by atoms with Crippen molar-refractivity contribution in [1.82, 2.24) is 0 Å². The predicted molar refractivity (Wildman–Crippen MR) is 200 cm³/mol. The first-order valence-electron chi connectivity index (χ1n) is 16.0. The van der Waals surface area contributed by atoms with Crippen molar-refractivity contribution in [1.29, 1.82) is 0 Å². The summed E-state index contributed by atoms with van der Waals surface area (Å²) in [5.41, 5.74) is 8.45. The molecule has 46 heavy (non-hydrogen) atoms. The summed E-state index contributed by atoms with van der Waals surface area (Å²) in [6.07, 6.45) is 4.97. The van der Waals surface area contributed by atoms with Gasteiger partial charge in [0.05, 0.1) is 5.70 Å². The normalized spacial score (nSPS) is 12.2. The molecule has 8 aromatic rings. The number of benzene rings is 8. The molecule has 0 saturated carbocycles. The van der Waals surface area contributed by atoms with E-state index in [1.807, 2.05) is 13.1 Å². The molecule has 0 aromatic heterocycles. The van der Waals surface area contributed by atoms with Gasteiger partial charge in [0.1, 0.15) is 0 Å². The lowest BCUT2D eigenvalue weighted by atomic mass is 9.84. The molecule has 218 valence electrons. The second kappa shape index (κ2) is 12.0. The number of hydrogen-bond donors (Lipinski definition) is 0. The molecule has 0 aliphatic carbocycles. The molecule has 0 fully saturated rings. The topological polar surface area (TPSA) is 12.4 Å². The first-order chi connectivity index (χ1) is 22.8. The van der Waals surface area contributed by atoms with Gasteiger partial charge in [-0.25, -0.2) is 0 Å². The van der Waals surface area contributed by atoms with E-state index < -0.39 is 0 Å². The van der Waals surface area contributed by atoms with Gasteiger partial charge in [0, 0.05) is 11.8 Å². The standard InChI is InChI=1S/C45H33N/c1-2-46-43(29-26-31-14-4-3-5-15-31)37-24-12-23-36-35(37)22-13-25-38(36)45-41-20-10-8-18-39(41)44(40-19-9-11-21-42(40)45)34-28-27-32-16-6-7-17-33(32)30-34/h2-25,27-30H,26H2,1H3/b43-29-,46-2-. The van der Waals surface area contributed by atoms with Gasteiger partial charge in [0.15, 0.2) is 0 Å². The Bertz CT molecular complexity index is 2390. The third kappa shape index (κ3) is 4.87. The molecule has 0 saturated heterocycles. The minimum Gasteiger partial charge on any atom is -0.261 e. The first-order valence-corrected chi connectivity index (χ1v) is 16.0. The maximum atomic E-state index is 4.86. The molecule has 0 amide bonds. The van der Waals surface area contributed by atoms with Crippen LogP contribution < -0.4 is 0 Å².